The van der Waals surface area contributed by atoms with Gasteiger partial charge in [0.1, 0.15) is 6.04 Å². The van der Waals surface area contributed by atoms with Gasteiger partial charge in [0.2, 0.25) is 5.70 Å². The predicted molar refractivity (Wildman–Crippen MR) is 157 cm³/mol. The Kier molecular flexibility index (Phi) is 11.4. The number of ether oxygens (including phenoxy) is 1. The summed E-state index contributed by atoms with van der Waals surface area (Å²) in [6.45, 7) is 13.1. The molecule has 1 aromatic heterocycles. The average molecular weight is 594 g/mol. The van der Waals surface area contributed by atoms with Crippen molar-refractivity contribution in [1.82, 2.24) is 9.97 Å². The van der Waals surface area contributed by atoms with Crippen LogP contribution in [0.25, 0.3) is 10.8 Å². The molecule has 5 heterocycles. The maximum absolute atomic E-state index is 13.7. The number of rotatable bonds is 8. The number of unbranched alkanes of at least 4 members (excludes halogenated alkanes) is 2. The first-order chi connectivity index (χ1) is 19.3. The minimum Gasteiger partial charge on any atom is -0.496 e. The Balaban J connectivity index is 0.000000307. The third kappa shape index (κ3) is 5.53. The second-order valence-corrected chi connectivity index (χ2v) is 11.0. The fourth-order valence-corrected chi connectivity index (χ4v) is 6.96. The smallest absolute Gasteiger partial charge is 0.496 e. The second kappa shape index (κ2) is 13.7. The normalized spacial score (nSPS) is 25.4. The van der Waals surface area contributed by atoms with Gasteiger partial charge >= 0.3 is 43.7 Å². The van der Waals surface area contributed by atoms with Gasteiger partial charge in [-0.05, 0) is 11.6 Å². The van der Waals surface area contributed by atoms with Gasteiger partial charge in [0.25, 0.3) is 12.0 Å². The van der Waals surface area contributed by atoms with E-state index in [-0.39, 0.29) is 57.2 Å². The molecule has 0 radical (unpaired) electrons. The zero-order valence-corrected chi connectivity index (χ0v) is 25.9. The Labute approximate surface area is 282 Å². The van der Waals surface area contributed by atoms with Crippen LogP contribution >= 0.6 is 11.6 Å². The zero-order chi connectivity index (χ0) is 28.2. The molecule has 7 rings (SSSR count). The van der Waals surface area contributed by atoms with Gasteiger partial charge in [-0.3, -0.25) is 6.42 Å². The summed E-state index contributed by atoms with van der Waals surface area (Å²) in [4.78, 5) is 10.9. The summed E-state index contributed by atoms with van der Waals surface area (Å²) in [5, 5.41) is 13.6. The van der Waals surface area contributed by atoms with Crippen molar-refractivity contribution in [2.75, 3.05) is 24.6 Å². The number of aliphatic hydroxyl groups is 1. The molecule has 11 heteroatoms. The molecule has 3 saturated heterocycles. The molecule has 0 aliphatic carbocycles. The van der Waals surface area contributed by atoms with Gasteiger partial charge in [0.15, 0.2) is 11.7 Å². The Morgan fingerprint density at radius 3 is 2.63 bits per heavy atom. The van der Waals surface area contributed by atoms with Crippen molar-refractivity contribution in [3.8, 4) is 6.01 Å². The molecular formula is C32H34ClF2Li2N4O2-3. The van der Waals surface area contributed by atoms with Gasteiger partial charge in [0.05, 0.1) is 25.3 Å². The fourth-order valence-electron chi connectivity index (χ4n) is 6.73. The largest absolute Gasteiger partial charge is 1.00 e. The molecule has 1 spiro atoms. The van der Waals surface area contributed by atoms with E-state index in [9.17, 15) is 13.9 Å². The molecule has 3 aromatic rings. The van der Waals surface area contributed by atoms with E-state index in [4.69, 9.17) is 16.3 Å². The molecule has 4 aliphatic rings. The molecule has 1 N–H and O–H groups in total. The first-order valence-electron chi connectivity index (χ1n) is 13.5. The number of benzene rings is 2. The van der Waals surface area contributed by atoms with Crippen LogP contribution in [0.15, 0.2) is 47.8 Å². The number of quaternary nitrogens is 1. The molecule has 0 amide bonds. The van der Waals surface area contributed by atoms with Crippen molar-refractivity contribution in [2.24, 2.45) is 0 Å². The molecule has 6 nitrogen and oxygen atoms in total. The average Bonchev–Trinajstić information content (AvgIpc) is 3.37. The first kappa shape index (κ1) is 35.7. The zero-order valence-electron chi connectivity index (χ0n) is 25.1. The molecule has 43 heavy (non-hydrogen) atoms. The van der Waals surface area contributed by atoms with Gasteiger partial charge < -0.3 is 36.0 Å². The number of fused-ring (bicyclic) bond motifs is 1. The van der Waals surface area contributed by atoms with E-state index < -0.39 is 18.1 Å². The molecule has 0 saturated carbocycles. The van der Waals surface area contributed by atoms with Crippen LogP contribution in [0.1, 0.15) is 30.5 Å². The molecule has 4 unspecified atom stereocenters. The van der Waals surface area contributed by atoms with E-state index in [1.165, 1.54) is 0 Å². The van der Waals surface area contributed by atoms with Crippen molar-refractivity contribution in [3.63, 3.8) is 0 Å². The maximum atomic E-state index is 13.7. The van der Waals surface area contributed by atoms with E-state index >= 15 is 0 Å². The van der Waals surface area contributed by atoms with Crippen molar-refractivity contribution in [2.45, 2.75) is 49.8 Å². The summed E-state index contributed by atoms with van der Waals surface area (Å²) >= 11 is 5.93. The third-order valence-electron chi connectivity index (χ3n) is 8.57. The van der Waals surface area contributed by atoms with Crippen LogP contribution in [-0.4, -0.2) is 63.4 Å². The fraction of sp³-hybridized carbons (Fsp3) is 0.344. The van der Waals surface area contributed by atoms with Gasteiger partial charge in [-0.2, -0.15) is 10.5 Å². The van der Waals surface area contributed by atoms with E-state index in [1.807, 2.05) is 47.7 Å². The van der Waals surface area contributed by atoms with Gasteiger partial charge in [-0.25, -0.2) is 44.4 Å². The van der Waals surface area contributed by atoms with Crippen molar-refractivity contribution in [1.29, 1.82) is 0 Å². The molecule has 2 aromatic carbocycles. The molecule has 3 fully saturated rings. The Morgan fingerprint density at radius 1 is 1.21 bits per heavy atom. The molecule has 4 atom stereocenters. The summed E-state index contributed by atoms with van der Waals surface area (Å²) < 4.78 is 33.6. The van der Waals surface area contributed by atoms with Crippen molar-refractivity contribution < 1.29 is 60.8 Å². The predicted octanol–water partition coefficient (Wildman–Crippen LogP) is -0.00286. The van der Waals surface area contributed by atoms with E-state index in [0.29, 0.717) is 47.8 Å². The minimum atomic E-state index is -2.78. The summed E-state index contributed by atoms with van der Waals surface area (Å²) in [6.07, 6.45) is 2.00. The summed E-state index contributed by atoms with van der Waals surface area (Å²) in [7, 11) is 0. The molecular weight excluding hydrogens is 560 g/mol. The van der Waals surface area contributed by atoms with Crippen LogP contribution in [0.4, 0.5) is 14.6 Å². The maximum Gasteiger partial charge on any atom is 1.00 e. The monoisotopic (exact) mass is 593 g/mol. The van der Waals surface area contributed by atoms with Crippen molar-refractivity contribution >= 4 is 28.2 Å². The number of hydrogen-bond acceptors (Lipinski definition) is 5. The number of aromatic nitrogens is 2. The quantitative estimate of drug-likeness (QED) is 0.173. The Bertz CT molecular complexity index is 1490. The number of anilines is 1. The summed E-state index contributed by atoms with van der Waals surface area (Å²) in [5.41, 5.74) is 0.904. The van der Waals surface area contributed by atoms with Crippen LogP contribution in [-0.2, 0) is 6.42 Å². The number of alkyl halides is 2. The molecule has 0 bridgehead atoms. The Morgan fingerprint density at radius 2 is 1.95 bits per heavy atom. The third-order valence-corrected chi connectivity index (χ3v) is 8.88. The second-order valence-electron chi connectivity index (χ2n) is 10.6. The number of halogens is 3. The standard InChI is InChI=1S/C21H25F2N4O2.C10H6Cl.CH3.2Li/c1-4-6-7-8-29-20-24-12(3)14(5-2)18(25-20)26-10-13-9-15-17-21(28,19(22)23)16(11-26)27(13,15)17;11-10-7-3-5-8-4-1-2-6-9(8)10;;;/h7,13,16,19,28H,1-6,8-11H2;1-5,7H;1H3;;/q-3;2*-1;2*+1. The van der Waals surface area contributed by atoms with Gasteiger partial charge in [0, 0.05) is 0 Å². The van der Waals surface area contributed by atoms with Crippen LogP contribution in [0.2, 0.25) is 5.02 Å². The summed E-state index contributed by atoms with van der Waals surface area (Å²) in [5.74, 6) is 0.630. The van der Waals surface area contributed by atoms with Crippen LogP contribution in [0, 0.1) is 40.7 Å². The Hall–Kier alpha value is -1.75. The van der Waals surface area contributed by atoms with E-state index in [2.05, 4.69) is 36.8 Å². The first-order valence-corrected chi connectivity index (χ1v) is 13.9. The minimum absolute atomic E-state index is 0. The molecule has 4 aliphatic heterocycles. The SMILES string of the molecule is Clc1cccc2ccc[c-]c12.[CH2-]CC[CH-]COc1nc([CH2-])c(C[CH2-])c(N2CC3CC4=C5C(O)(C(F)F)C(C2)[N+]453)n1.[CH3-].[Li+].[Li+]. The van der Waals surface area contributed by atoms with Gasteiger partial charge in [-0.1, -0.05) is 23.9 Å². The number of hydrogen-bond donors (Lipinski definition) is 1. The van der Waals surface area contributed by atoms with Crippen molar-refractivity contribution in [3.05, 3.63) is 105 Å². The van der Waals surface area contributed by atoms with Crippen LogP contribution < -0.4 is 47.4 Å². The van der Waals surface area contributed by atoms with Gasteiger partial charge in [-0.15, -0.1) is 46.6 Å². The van der Waals surface area contributed by atoms with E-state index in [0.717, 1.165) is 46.3 Å². The number of nitrogens with zero attached hydrogens (tertiary/aromatic N) is 4. The molecule has 220 valence electrons. The van der Waals surface area contributed by atoms with Crippen LogP contribution in [0.3, 0.4) is 0 Å². The topological polar surface area (TPSA) is 58.5 Å². The summed E-state index contributed by atoms with van der Waals surface area (Å²) in [6, 6.07) is 14.7. The van der Waals surface area contributed by atoms with Crippen LogP contribution in [0.5, 0.6) is 6.01 Å². The number of piperazine rings is 1. The van der Waals surface area contributed by atoms with E-state index in [1.54, 1.807) is 0 Å².